The molecular formula is C15H23N3S. The van der Waals surface area contributed by atoms with Crippen molar-refractivity contribution in [1.29, 1.82) is 0 Å². The quantitative estimate of drug-likeness (QED) is 0.820. The molecule has 0 amide bonds. The molecule has 2 heterocycles. The molecule has 0 spiro atoms. The van der Waals surface area contributed by atoms with Crippen molar-refractivity contribution in [3.8, 4) is 0 Å². The normalized spacial score (nSPS) is 11.2. The van der Waals surface area contributed by atoms with Gasteiger partial charge in [0, 0.05) is 22.0 Å². The number of rotatable bonds is 6. The topological polar surface area (TPSA) is 29.9 Å². The summed E-state index contributed by atoms with van der Waals surface area (Å²) in [5, 5.41) is 8.04. The van der Waals surface area contributed by atoms with Crippen LogP contribution < -0.4 is 5.32 Å². The molecule has 19 heavy (non-hydrogen) atoms. The largest absolute Gasteiger partial charge is 0.312 e. The third kappa shape index (κ3) is 3.45. The number of nitrogens with one attached hydrogen (secondary N) is 1. The zero-order valence-corrected chi connectivity index (χ0v) is 13.1. The molecule has 0 saturated carbocycles. The standard InChI is InChI=1S/C15H23N3S/c1-5-8-16-9-14-6-7-15(19-14)10-18-13(4)11(2)12(3)17-18/h6-7,16H,5,8-10H2,1-4H3. The molecule has 0 radical (unpaired) electrons. The van der Waals surface area contributed by atoms with Gasteiger partial charge in [0.05, 0.1) is 12.2 Å². The molecule has 2 aromatic heterocycles. The van der Waals surface area contributed by atoms with E-state index in [1.807, 2.05) is 11.3 Å². The molecule has 0 fully saturated rings. The van der Waals surface area contributed by atoms with Crippen molar-refractivity contribution in [1.82, 2.24) is 15.1 Å². The summed E-state index contributed by atoms with van der Waals surface area (Å²) in [6, 6.07) is 4.45. The van der Waals surface area contributed by atoms with Crippen molar-refractivity contribution in [2.24, 2.45) is 0 Å². The molecule has 3 nitrogen and oxygen atoms in total. The Bertz CT molecular complexity index is 540. The second-order valence-electron chi connectivity index (χ2n) is 5.00. The average Bonchev–Trinajstić information content (AvgIpc) is 2.92. The maximum absolute atomic E-state index is 4.60. The highest BCUT2D eigenvalue weighted by Crippen LogP contribution is 2.19. The van der Waals surface area contributed by atoms with Crippen LogP contribution in [0.4, 0.5) is 0 Å². The Kier molecular flexibility index (Phi) is 4.77. The molecule has 0 aliphatic heterocycles. The van der Waals surface area contributed by atoms with Gasteiger partial charge in [0.15, 0.2) is 0 Å². The summed E-state index contributed by atoms with van der Waals surface area (Å²) in [4.78, 5) is 2.78. The fraction of sp³-hybridized carbons (Fsp3) is 0.533. The predicted octanol–water partition coefficient (Wildman–Crippen LogP) is 3.42. The maximum Gasteiger partial charge on any atom is 0.0755 e. The first-order chi connectivity index (χ1) is 9.11. The van der Waals surface area contributed by atoms with Crippen LogP contribution in [0.5, 0.6) is 0 Å². The van der Waals surface area contributed by atoms with E-state index in [0.29, 0.717) is 0 Å². The summed E-state index contributed by atoms with van der Waals surface area (Å²) < 4.78 is 2.11. The van der Waals surface area contributed by atoms with Crippen molar-refractivity contribution in [2.75, 3.05) is 6.54 Å². The molecule has 4 heteroatoms. The molecule has 0 aliphatic rings. The molecule has 0 aromatic carbocycles. The van der Waals surface area contributed by atoms with E-state index >= 15 is 0 Å². The molecule has 0 saturated heterocycles. The molecule has 0 atom stereocenters. The molecular weight excluding hydrogens is 254 g/mol. The number of thiophene rings is 1. The fourth-order valence-corrected chi connectivity index (χ4v) is 3.05. The lowest BCUT2D eigenvalue weighted by Gasteiger charge is -2.02. The van der Waals surface area contributed by atoms with Gasteiger partial charge >= 0.3 is 0 Å². The molecule has 2 rings (SSSR count). The SMILES string of the molecule is CCCNCc1ccc(Cn2nc(C)c(C)c2C)s1. The average molecular weight is 277 g/mol. The summed E-state index contributed by atoms with van der Waals surface area (Å²) >= 11 is 1.88. The molecule has 2 aromatic rings. The number of hydrogen-bond acceptors (Lipinski definition) is 3. The summed E-state index contributed by atoms with van der Waals surface area (Å²) in [7, 11) is 0. The van der Waals surface area contributed by atoms with E-state index in [1.54, 1.807) is 0 Å². The Hall–Kier alpha value is -1.13. The number of nitrogens with zero attached hydrogens (tertiary/aromatic N) is 2. The highest BCUT2D eigenvalue weighted by atomic mass is 32.1. The van der Waals surface area contributed by atoms with Crippen molar-refractivity contribution < 1.29 is 0 Å². The minimum absolute atomic E-state index is 0.888. The van der Waals surface area contributed by atoms with Gasteiger partial charge in [0.1, 0.15) is 0 Å². The monoisotopic (exact) mass is 277 g/mol. The first kappa shape index (κ1) is 14.3. The van der Waals surface area contributed by atoms with Crippen LogP contribution in [-0.4, -0.2) is 16.3 Å². The maximum atomic E-state index is 4.60. The summed E-state index contributed by atoms with van der Waals surface area (Å²) in [5.41, 5.74) is 3.72. The van der Waals surface area contributed by atoms with E-state index in [2.05, 4.69) is 54.9 Å². The van der Waals surface area contributed by atoms with Crippen LogP contribution in [-0.2, 0) is 13.1 Å². The van der Waals surface area contributed by atoms with Crippen LogP contribution in [0.25, 0.3) is 0 Å². The van der Waals surface area contributed by atoms with Crippen molar-refractivity contribution in [2.45, 2.75) is 47.2 Å². The Balaban J connectivity index is 2.01. The predicted molar refractivity (Wildman–Crippen MR) is 81.9 cm³/mol. The lowest BCUT2D eigenvalue weighted by Crippen LogP contribution is -2.12. The van der Waals surface area contributed by atoms with Crippen LogP contribution in [0.3, 0.4) is 0 Å². The molecule has 0 aliphatic carbocycles. The number of aromatic nitrogens is 2. The molecule has 0 bridgehead atoms. The van der Waals surface area contributed by atoms with Gasteiger partial charge in [0.25, 0.3) is 0 Å². The van der Waals surface area contributed by atoms with Gasteiger partial charge < -0.3 is 5.32 Å². The van der Waals surface area contributed by atoms with E-state index < -0.39 is 0 Å². The Morgan fingerprint density at radius 3 is 2.58 bits per heavy atom. The summed E-state index contributed by atoms with van der Waals surface area (Å²) in [6.07, 6.45) is 1.18. The van der Waals surface area contributed by atoms with Gasteiger partial charge in [-0.2, -0.15) is 5.10 Å². The van der Waals surface area contributed by atoms with Gasteiger partial charge in [0.2, 0.25) is 0 Å². The van der Waals surface area contributed by atoms with Crippen LogP contribution in [0.15, 0.2) is 12.1 Å². The summed E-state index contributed by atoms with van der Waals surface area (Å²) in [5.74, 6) is 0. The first-order valence-corrected chi connectivity index (χ1v) is 7.72. The van der Waals surface area contributed by atoms with Gasteiger partial charge in [-0.25, -0.2) is 0 Å². The lowest BCUT2D eigenvalue weighted by molar-refractivity contribution is 0.665. The van der Waals surface area contributed by atoms with Gasteiger partial charge in [-0.3, -0.25) is 4.68 Å². The second kappa shape index (κ2) is 6.35. The first-order valence-electron chi connectivity index (χ1n) is 6.90. The van der Waals surface area contributed by atoms with Crippen LogP contribution in [0.2, 0.25) is 0 Å². The minimum Gasteiger partial charge on any atom is -0.312 e. The second-order valence-corrected chi connectivity index (χ2v) is 6.25. The summed E-state index contributed by atoms with van der Waals surface area (Å²) in [6.45, 7) is 11.5. The van der Waals surface area contributed by atoms with Gasteiger partial charge in [-0.1, -0.05) is 6.92 Å². The highest BCUT2D eigenvalue weighted by molar-refractivity contribution is 7.11. The van der Waals surface area contributed by atoms with E-state index in [0.717, 1.165) is 25.3 Å². The zero-order valence-electron chi connectivity index (χ0n) is 12.3. The zero-order chi connectivity index (χ0) is 13.8. The van der Waals surface area contributed by atoms with E-state index in [-0.39, 0.29) is 0 Å². The highest BCUT2D eigenvalue weighted by Gasteiger charge is 2.08. The van der Waals surface area contributed by atoms with Gasteiger partial charge in [-0.15, -0.1) is 11.3 Å². The smallest absolute Gasteiger partial charge is 0.0755 e. The minimum atomic E-state index is 0.888. The van der Waals surface area contributed by atoms with Crippen molar-refractivity contribution >= 4 is 11.3 Å². The van der Waals surface area contributed by atoms with Crippen molar-refractivity contribution in [3.63, 3.8) is 0 Å². The fourth-order valence-electron chi connectivity index (χ4n) is 2.08. The van der Waals surface area contributed by atoms with Crippen LogP contribution in [0.1, 0.15) is 40.1 Å². The molecule has 0 unspecified atom stereocenters. The number of aryl methyl sites for hydroxylation is 1. The Morgan fingerprint density at radius 1 is 1.21 bits per heavy atom. The van der Waals surface area contributed by atoms with Crippen molar-refractivity contribution in [3.05, 3.63) is 38.8 Å². The molecule has 1 N–H and O–H groups in total. The third-order valence-electron chi connectivity index (χ3n) is 3.49. The van der Waals surface area contributed by atoms with Crippen LogP contribution in [0, 0.1) is 20.8 Å². The Morgan fingerprint density at radius 2 is 1.95 bits per heavy atom. The van der Waals surface area contributed by atoms with Crippen LogP contribution >= 0.6 is 11.3 Å². The van der Waals surface area contributed by atoms with E-state index in [4.69, 9.17) is 0 Å². The lowest BCUT2D eigenvalue weighted by atomic mass is 10.2. The van der Waals surface area contributed by atoms with Gasteiger partial charge in [-0.05, 0) is 51.4 Å². The van der Waals surface area contributed by atoms with E-state index in [9.17, 15) is 0 Å². The number of hydrogen-bond donors (Lipinski definition) is 1. The molecule has 104 valence electrons. The Labute approximate surface area is 119 Å². The van der Waals surface area contributed by atoms with E-state index in [1.165, 1.54) is 27.4 Å². The third-order valence-corrected chi connectivity index (χ3v) is 4.56.